The van der Waals surface area contributed by atoms with Crippen LogP contribution in [0, 0.1) is 20.8 Å². The van der Waals surface area contributed by atoms with E-state index in [9.17, 15) is 9.59 Å². The zero-order chi connectivity index (χ0) is 25.1. The van der Waals surface area contributed by atoms with Crippen molar-refractivity contribution in [1.82, 2.24) is 20.2 Å². The van der Waals surface area contributed by atoms with Crippen molar-refractivity contribution in [3.8, 4) is 0 Å². The summed E-state index contributed by atoms with van der Waals surface area (Å²) in [6.07, 6.45) is 1.72. The zero-order valence-corrected chi connectivity index (χ0v) is 21.8. The number of benzene rings is 1. The smallest absolute Gasteiger partial charge is 0.286 e. The summed E-state index contributed by atoms with van der Waals surface area (Å²) in [6.45, 7) is 8.61. The molecule has 0 aliphatic heterocycles. The quantitative estimate of drug-likeness (QED) is 0.338. The molecule has 3 heterocycles. The molecule has 0 aliphatic carbocycles. The molecule has 0 radical (unpaired) electrons. The lowest BCUT2D eigenvalue weighted by atomic mass is 10.00. The summed E-state index contributed by atoms with van der Waals surface area (Å²) in [6, 6.07) is 13.0. The van der Waals surface area contributed by atoms with Gasteiger partial charge < -0.3 is 14.6 Å². The standard InChI is InChI=1S/C27H27BrN4O3/c1-5-29-26(33)24-11-10-20(35-24)14-32(15-23-16(2)12-19(28)13-30-23)27(34)25-17(3)18(4)31-22-9-7-6-8-21(22)25/h6-13H,5,14-15H2,1-4H3,(H,29,33). The highest BCUT2D eigenvalue weighted by Crippen LogP contribution is 2.26. The number of amides is 2. The number of rotatable bonds is 7. The van der Waals surface area contributed by atoms with Crippen molar-refractivity contribution >= 4 is 38.6 Å². The fourth-order valence-corrected chi connectivity index (χ4v) is 4.44. The lowest BCUT2D eigenvalue weighted by molar-refractivity contribution is 0.0715. The second kappa shape index (κ2) is 10.4. The van der Waals surface area contributed by atoms with Gasteiger partial charge in [-0.05, 0) is 79.0 Å². The number of nitrogens with zero attached hydrogens (tertiary/aromatic N) is 3. The second-order valence-corrected chi connectivity index (χ2v) is 9.33. The zero-order valence-electron chi connectivity index (χ0n) is 20.2. The number of carbonyl (C=O) groups is 2. The summed E-state index contributed by atoms with van der Waals surface area (Å²) in [5.41, 5.74) is 4.77. The van der Waals surface area contributed by atoms with Gasteiger partial charge in [-0.15, -0.1) is 0 Å². The van der Waals surface area contributed by atoms with Crippen LogP contribution in [0.1, 0.15) is 56.1 Å². The summed E-state index contributed by atoms with van der Waals surface area (Å²) in [5, 5.41) is 3.53. The van der Waals surface area contributed by atoms with Gasteiger partial charge in [0.1, 0.15) is 5.76 Å². The number of pyridine rings is 2. The molecule has 0 saturated heterocycles. The van der Waals surface area contributed by atoms with E-state index in [1.807, 2.05) is 58.0 Å². The summed E-state index contributed by atoms with van der Waals surface area (Å²) in [5.74, 6) is 0.300. The Hall–Kier alpha value is -3.52. The number of aryl methyl sites for hydroxylation is 2. The third kappa shape index (κ3) is 5.27. The largest absolute Gasteiger partial charge is 0.454 e. The molecule has 0 saturated carbocycles. The number of hydrogen-bond acceptors (Lipinski definition) is 5. The van der Waals surface area contributed by atoms with Crippen LogP contribution >= 0.6 is 15.9 Å². The molecule has 8 heteroatoms. The summed E-state index contributed by atoms with van der Waals surface area (Å²) >= 11 is 3.45. The molecule has 1 aromatic carbocycles. The minimum absolute atomic E-state index is 0.149. The molecule has 1 N–H and O–H groups in total. The number of aromatic nitrogens is 2. The predicted molar refractivity (Wildman–Crippen MR) is 138 cm³/mol. The second-order valence-electron chi connectivity index (χ2n) is 8.42. The molecule has 2 amide bonds. The highest BCUT2D eigenvalue weighted by molar-refractivity contribution is 9.10. The molecule has 4 aromatic rings. The van der Waals surface area contributed by atoms with Gasteiger partial charge >= 0.3 is 0 Å². The molecule has 0 spiro atoms. The topological polar surface area (TPSA) is 88.3 Å². The van der Waals surface area contributed by atoms with E-state index in [1.54, 1.807) is 23.2 Å². The van der Waals surface area contributed by atoms with Gasteiger partial charge in [0, 0.05) is 28.3 Å². The molecule has 180 valence electrons. The number of para-hydroxylation sites is 1. The van der Waals surface area contributed by atoms with E-state index in [-0.39, 0.29) is 30.7 Å². The Balaban J connectivity index is 1.76. The van der Waals surface area contributed by atoms with Gasteiger partial charge in [0.15, 0.2) is 5.76 Å². The Bertz CT molecular complexity index is 1410. The number of carbonyl (C=O) groups excluding carboxylic acids is 2. The number of furan rings is 1. The van der Waals surface area contributed by atoms with Gasteiger partial charge in [0.05, 0.1) is 29.9 Å². The average molecular weight is 535 g/mol. The first-order chi connectivity index (χ1) is 16.8. The van der Waals surface area contributed by atoms with Gasteiger partial charge in [-0.1, -0.05) is 18.2 Å². The van der Waals surface area contributed by atoms with E-state index in [0.717, 1.165) is 37.9 Å². The Morgan fingerprint density at radius 1 is 1.09 bits per heavy atom. The molecule has 0 unspecified atom stereocenters. The molecule has 0 aliphatic rings. The molecule has 35 heavy (non-hydrogen) atoms. The number of hydrogen-bond donors (Lipinski definition) is 1. The van der Waals surface area contributed by atoms with E-state index in [0.29, 0.717) is 17.9 Å². The summed E-state index contributed by atoms with van der Waals surface area (Å²) in [7, 11) is 0. The highest BCUT2D eigenvalue weighted by atomic mass is 79.9. The van der Waals surface area contributed by atoms with Gasteiger partial charge in [0.2, 0.25) is 0 Å². The van der Waals surface area contributed by atoms with Crippen molar-refractivity contribution in [2.24, 2.45) is 0 Å². The number of fused-ring (bicyclic) bond motifs is 1. The van der Waals surface area contributed by atoms with Crippen LogP contribution in [0.2, 0.25) is 0 Å². The molecule has 7 nitrogen and oxygen atoms in total. The maximum absolute atomic E-state index is 14.1. The lowest BCUT2D eigenvalue weighted by Crippen LogP contribution is -2.31. The Labute approximate surface area is 212 Å². The molecule has 4 rings (SSSR count). The fourth-order valence-electron chi connectivity index (χ4n) is 4.00. The van der Waals surface area contributed by atoms with Crippen molar-refractivity contribution in [3.05, 3.63) is 92.7 Å². The number of nitrogens with one attached hydrogen (secondary N) is 1. The van der Waals surface area contributed by atoms with E-state index in [4.69, 9.17) is 4.42 Å². The number of halogens is 1. The first-order valence-corrected chi connectivity index (χ1v) is 12.2. The first-order valence-electron chi connectivity index (χ1n) is 11.4. The highest BCUT2D eigenvalue weighted by Gasteiger charge is 2.25. The van der Waals surface area contributed by atoms with Gasteiger partial charge in [-0.2, -0.15) is 0 Å². The van der Waals surface area contributed by atoms with Crippen LogP contribution in [-0.4, -0.2) is 33.2 Å². The Morgan fingerprint density at radius 3 is 2.60 bits per heavy atom. The van der Waals surface area contributed by atoms with Gasteiger partial charge in [-0.25, -0.2) is 0 Å². The van der Waals surface area contributed by atoms with E-state index >= 15 is 0 Å². The van der Waals surface area contributed by atoms with E-state index in [1.165, 1.54) is 0 Å². The van der Waals surface area contributed by atoms with Crippen molar-refractivity contribution in [3.63, 3.8) is 0 Å². The van der Waals surface area contributed by atoms with Crippen molar-refractivity contribution < 1.29 is 14.0 Å². The molecule has 0 atom stereocenters. The van der Waals surface area contributed by atoms with E-state index in [2.05, 4.69) is 31.2 Å². The SMILES string of the molecule is CCNC(=O)c1ccc(CN(Cc2ncc(Br)cc2C)C(=O)c2c(C)c(C)nc3ccccc23)o1. The average Bonchev–Trinajstić information content (AvgIpc) is 3.30. The molecular weight excluding hydrogens is 508 g/mol. The monoisotopic (exact) mass is 534 g/mol. The minimum atomic E-state index is -0.284. The van der Waals surface area contributed by atoms with Gasteiger partial charge in [-0.3, -0.25) is 19.6 Å². The normalized spacial score (nSPS) is 11.0. The minimum Gasteiger partial charge on any atom is -0.454 e. The van der Waals surface area contributed by atoms with Crippen molar-refractivity contribution in [2.45, 2.75) is 40.8 Å². The van der Waals surface area contributed by atoms with Crippen LogP contribution < -0.4 is 5.32 Å². The van der Waals surface area contributed by atoms with Crippen LogP contribution in [-0.2, 0) is 13.1 Å². The van der Waals surface area contributed by atoms with Crippen molar-refractivity contribution in [2.75, 3.05) is 6.54 Å². The van der Waals surface area contributed by atoms with E-state index < -0.39 is 0 Å². The van der Waals surface area contributed by atoms with Crippen LogP contribution in [0.3, 0.4) is 0 Å². The summed E-state index contributed by atoms with van der Waals surface area (Å²) < 4.78 is 6.67. The third-order valence-electron chi connectivity index (χ3n) is 5.94. The van der Waals surface area contributed by atoms with Crippen LogP contribution in [0.5, 0.6) is 0 Å². The predicted octanol–water partition coefficient (Wildman–Crippen LogP) is 5.50. The first kappa shape index (κ1) is 24.6. The third-order valence-corrected chi connectivity index (χ3v) is 6.38. The Kier molecular flexibility index (Phi) is 7.31. The maximum Gasteiger partial charge on any atom is 0.286 e. The fraction of sp³-hybridized carbons (Fsp3) is 0.259. The maximum atomic E-state index is 14.1. The molecule has 3 aromatic heterocycles. The molecular formula is C27H27BrN4O3. The van der Waals surface area contributed by atoms with Crippen LogP contribution in [0.4, 0.5) is 0 Å². The summed E-state index contributed by atoms with van der Waals surface area (Å²) in [4.78, 5) is 37.2. The Morgan fingerprint density at radius 2 is 1.86 bits per heavy atom. The molecule has 0 bridgehead atoms. The van der Waals surface area contributed by atoms with Crippen LogP contribution in [0.25, 0.3) is 10.9 Å². The van der Waals surface area contributed by atoms with Gasteiger partial charge in [0.25, 0.3) is 11.8 Å². The molecule has 0 fully saturated rings. The van der Waals surface area contributed by atoms with Crippen molar-refractivity contribution in [1.29, 1.82) is 0 Å². The lowest BCUT2D eigenvalue weighted by Gasteiger charge is -2.24. The van der Waals surface area contributed by atoms with Crippen LogP contribution in [0.15, 0.2) is 57.6 Å².